The summed E-state index contributed by atoms with van der Waals surface area (Å²) in [6.45, 7) is 3.90. The van der Waals surface area contributed by atoms with Gasteiger partial charge in [0.25, 0.3) is 0 Å². The second-order valence-corrected chi connectivity index (χ2v) is 9.24. The fraction of sp³-hybridized carbons (Fsp3) is 0.450. The molecule has 3 N–H and O–H groups in total. The summed E-state index contributed by atoms with van der Waals surface area (Å²) >= 11 is 3.16. The van der Waals surface area contributed by atoms with Crippen molar-refractivity contribution in [2.24, 2.45) is 16.1 Å². The number of amidine groups is 1. The molecule has 0 radical (unpaired) electrons. The van der Waals surface area contributed by atoms with E-state index in [0.717, 1.165) is 64.0 Å². The average Bonchev–Trinajstić information content (AvgIpc) is 3.29. The Hall–Kier alpha value is -2.11. The van der Waals surface area contributed by atoms with Gasteiger partial charge in [0.05, 0.1) is 22.4 Å². The maximum atomic E-state index is 10.2. The molecule has 0 amide bonds. The molecular formula is C20H23N5OS2. The lowest BCUT2D eigenvalue weighted by Crippen LogP contribution is -2.40. The van der Waals surface area contributed by atoms with Gasteiger partial charge in [0.2, 0.25) is 0 Å². The van der Waals surface area contributed by atoms with Crippen molar-refractivity contribution in [3.05, 3.63) is 49.8 Å². The van der Waals surface area contributed by atoms with Crippen LogP contribution in [0.25, 0.3) is 0 Å². The zero-order valence-corrected chi connectivity index (χ0v) is 17.7. The Morgan fingerprint density at radius 3 is 2.75 bits per heavy atom. The Balaban J connectivity index is 1.75. The highest BCUT2D eigenvalue weighted by atomic mass is 32.2. The van der Waals surface area contributed by atoms with Gasteiger partial charge in [-0.05, 0) is 32.1 Å². The molecule has 0 saturated heterocycles. The van der Waals surface area contributed by atoms with Gasteiger partial charge in [0.15, 0.2) is 0 Å². The molecule has 1 fully saturated rings. The standard InChI is InChI=1S/C20H23N5OS2/c1-12-10-27-19(23-12)16-17(22)24-18(28-11-14-8-13(2)26-25-14)15(9-21)20(16)6-4-3-5-7-20/h8,10,23H,3-7,11H2,1-2H3,(H2,22,24)/b19-16+. The highest BCUT2D eigenvalue weighted by Gasteiger charge is 2.47. The van der Waals surface area contributed by atoms with Crippen molar-refractivity contribution in [3.8, 4) is 6.07 Å². The summed E-state index contributed by atoms with van der Waals surface area (Å²) in [5.41, 5.74) is 9.85. The summed E-state index contributed by atoms with van der Waals surface area (Å²) < 4.78 is 5.15. The van der Waals surface area contributed by atoms with Gasteiger partial charge in [-0.2, -0.15) is 5.26 Å². The van der Waals surface area contributed by atoms with Crippen LogP contribution in [0.4, 0.5) is 0 Å². The van der Waals surface area contributed by atoms with Gasteiger partial charge in [-0.1, -0.05) is 47.9 Å². The van der Waals surface area contributed by atoms with Crippen molar-refractivity contribution >= 4 is 29.4 Å². The predicted octanol–water partition coefficient (Wildman–Crippen LogP) is 4.68. The number of nitrogens with two attached hydrogens (primary N) is 1. The van der Waals surface area contributed by atoms with Gasteiger partial charge >= 0.3 is 0 Å². The lowest BCUT2D eigenvalue weighted by Gasteiger charge is -2.42. The molecule has 1 saturated carbocycles. The molecule has 0 atom stereocenters. The molecule has 6 nitrogen and oxygen atoms in total. The summed E-state index contributed by atoms with van der Waals surface area (Å²) in [5, 5.41) is 21.5. The SMILES string of the molecule is CC1=CS/C(=C2\C(N)=NC(SCc3cc(C)on3)=C(C#N)C23CCCCC3)N1. The Labute approximate surface area is 173 Å². The maximum absolute atomic E-state index is 10.2. The lowest BCUT2D eigenvalue weighted by atomic mass is 9.64. The number of rotatable bonds is 3. The number of nitrogens with one attached hydrogen (secondary N) is 1. The number of aliphatic imine (C=N–C) groups is 1. The van der Waals surface area contributed by atoms with E-state index in [2.05, 4.69) is 26.9 Å². The third-order valence-electron chi connectivity index (χ3n) is 5.39. The number of aryl methyl sites for hydroxylation is 1. The molecule has 0 aromatic carbocycles. The number of thioether (sulfide) groups is 2. The van der Waals surface area contributed by atoms with Gasteiger partial charge < -0.3 is 15.6 Å². The summed E-state index contributed by atoms with van der Waals surface area (Å²) in [6.07, 6.45) is 5.23. The Morgan fingerprint density at radius 2 is 2.14 bits per heavy atom. The van der Waals surface area contributed by atoms with Crippen LogP contribution in [0, 0.1) is 23.7 Å². The Bertz CT molecular complexity index is 957. The minimum absolute atomic E-state index is 0.352. The minimum atomic E-state index is -0.352. The van der Waals surface area contributed by atoms with Crippen LogP contribution in [0.2, 0.25) is 0 Å². The van der Waals surface area contributed by atoms with Crippen LogP contribution in [0.3, 0.4) is 0 Å². The number of hydrogen-bond donors (Lipinski definition) is 2. The summed E-state index contributed by atoms with van der Waals surface area (Å²) in [5.74, 6) is 1.90. The summed E-state index contributed by atoms with van der Waals surface area (Å²) in [7, 11) is 0. The zero-order valence-electron chi connectivity index (χ0n) is 16.0. The summed E-state index contributed by atoms with van der Waals surface area (Å²) in [4.78, 5) is 4.68. The van der Waals surface area contributed by atoms with Crippen LogP contribution < -0.4 is 11.1 Å². The van der Waals surface area contributed by atoms with Crippen molar-refractivity contribution in [1.29, 1.82) is 5.26 Å². The monoisotopic (exact) mass is 413 g/mol. The second-order valence-electron chi connectivity index (χ2n) is 7.40. The van der Waals surface area contributed by atoms with Crippen molar-refractivity contribution in [3.63, 3.8) is 0 Å². The van der Waals surface area contributed by atoms with E-state index in [1.165, 1.54) is 18.2 Å². The summed E-state index contributed by atoms with van der Waals surface area (Å²) in [6, 6.07) is 4.41. The number of hydrogen-bond acceptors (Lipinski definition) is 8. The molecule has 4 rings (SSSR count). The van der Waals surface area contributed by atoms with E-state index in [4.69, 9.17) is 10.3 Å². The predicted molar refractivity (Wildman–Crippen MR) is 114 cm³/mol. The van der Waals surface area contributed by atoms with Crippen LogP contribution in [0.15, 0.2) is 47.9 Å². The van der Waals surface area contributed by atoms with Gasteiger partial charge in [0.1, 0.15) is 16.6 Å². The highest BCUT2D eigenvalue weighted by Crippen LogP contribution is 2.54. The van der Waals surface area contributed by atoms with Crippen LogP contribution in [-0.4, -0.2) is 11.0 Å². The molecular weight excluding hydrogens is 390 g/mol. The smallest absolute Gasteiger partial charge is 0.133 e. The Kier molecular flexibility index (Phi) is 5.30. The van der Waals surface area contributed by atoms with Crippen LogP contribution >= 0.6 is 23.5 Å². The third kappa shape index (κ3) is 3.38. The largest absolute Gasteiger partial charge is 0.383 e. The molecule has 0 bridgehead atoms. The Morgan fingerprint density at radius 1 is 1.36 bits per heavy atom. The van der Waals surface area contributed by atoms with Gasteiger partial charge in [-0.25, -0.2) is 4.99 Å². The van der Waals surface area contributed by atoms with Crippen LogP contribution in [-0.2, 0) is 5.75 Å². The molecule has 146 valence electrons. The molecule has 8 heteroatoms. The number of aromatic nitrogens is 1. The molecule has 28 heavy (non-hydrogen) atoms. The molecule has 1 aromatic heterocycles. The maximum Gasteiger partial charge on any atom is 0.133 e. The van der Waals surface area contributed by atoms with Gasteiger partial charge in [-0.15, -0.1) is 0 Å². The van der Waals surface area contributed by atoms with Crippen molar-refractivity contribution in [1.82, 2.24) is 10.5 Å². The minimum Gasteiger partial charge on any atom is -0.383 e. The van der Waals surface area contributed by atoms with E-state index >= 15 is 0 Å². The fourth-order valence-corrected chi connectivity index (χ4v) is 6.14. The van der Waals surface area contributed by atoms with Crippen molar-refractivity contribution in [2.75, 3.05) is 0 Å². The molecule has 3 aliphatic rings. The topological polar surface area (TPSA) is 100 Å². The first-order valence-corrected chi connectivity index (χ1v) is 11.3. The van der Waals surface area contributed by atoms with E-state index in [1.54, 1.807) is 11.8 Å². The van der Waals surface area contributed by atoms with E-state index in [0.29, 0.717) is 11.6 Å². The molecule has 3 heterocycles. The molecule has 1 spiro atoms. The van der Waals surface area contributed by atoms with E-state index < -0.39 is 0 Å². The van der Waals surface area contributed by atoms with E-state index in [-0.39, 0.29) is 5.41 Å². The average molecular weight is 414 g/mol. The van der Waals surface area contributed by atoms with E-state index in [1.807, 2.05) is 19.9 Å². The third-order valence-corrected chi connectivity index (χ3v) is 7.42. The fourth-order valence-electron chi connectivity index (χ4n) is 4.18. The van der Waals surface area contributed by atoms with Gasteiger partial charge in [0, 0.05) is 28.5 Å². The quantitative estimate of drug-likeness (QED) is 0.742. The lowest BCUT2D eigenvalue weighted by molar-refractivity contribution is 0.301. The first kappa shape index (κ1) is 19.2. The normalized spacial score (nSPS) is 24.0. The number of nitriles is 1. The zero-order chi connectivity index (χ0) is 19.7. The van der Waals surface area contributed by atoms with E-state index in [9.17, 15) is 5.26 Å². The number of allylic oxidation sites excluding steroid dienone is 2. The second kappa shape index (κ2) is 7.72. The highest BCUT2D eigenvalue weighted by molar-refractivity contribution is 8.06. The molecule has 1 aromatic rings. The first-order chi connectivity index (χ1) is 13.5. The van der Waals surface area contributed by atoms with Crippen LogP contribution in [0.5, 0.6) is 0 Å². The van der Waals surface area contributed by atoms with Crippen molar-refractivity contribution < 1.29 is 4.52 Å². The molecule has 0 unspecified atom stereocenters. The number of nitrogens with zero attached hydrogens (tertiary/aromatic N) is 3. The van der Waals surface area contributed by atoms with Gasteiger partial charge in [-0.3, -0.25) is 0 Å². The molecule has 1 aliphatic carbocycles. The molecule has 2 aliphatic heterocycles. The first-order valence-electron chi connectivity index (χ1n) is 9.43. The van der Waals surface area contributed by atoms with Crippen molar-refractivity contribution in [2.45, 2.75) is 51.7 Å². The van der Waals surface area contributed by atoms with Crippen LogP contribution in [0.1, 0.15) is 50.5 Å².